The van der Waals surface area contributed by atoms with E-state index in [0.717, 1.165) is 15.5 Å². The predicted molar refractivity (Wildman–Crippen MR) is 61.2 cm³/mol. The molecular formula is C10H13BrN2O. The average Bonchev–Trinajstić information content (AvgIpc) is 2.49. The van der Waals surface area contributed by atoms with Crippen LogP contribution < -0.4 is 0 Å². The van der Waals surface area contributed by atoms with Gasteiger partial charge in [0.1, 0.15) is 0 Å². The number of aliphatic hydroxyl groups excluding tert-OH is 1. The molecule has 14 heavy (non-hydrogen) atoms. The maximum absolute atomic E-state index is 7.57. The Balaban J connectivity index is 0.000000293. The van der Waals surface area contributed by atoms with Gasteiger partial charge in [-0.3, -0.25) is 0 Å². The average molecular weight is 257 g/mol. The van der Waals surface area contributed by atoms with Gasteiger partial charge in [-0.05, 0) is 25.1 Å². The molecular weight excluding hydrogens is 244 g/mol. The van der Waals surface area contributed by atoms with Crippen LogP contribution in [0.5, 0.6) is 0 Å². The number of hydrogen-bond donors (Lipinski definition) is 1. The van der Waals surface area contributed by atoms with E-state index < -0.39 is 0 Å². The first kappa shape index (κ1) is 11.2. The zero-order valence-electron chi connectivity index (χ0n) is 8.24. The van der Waals surface area contributed by atoms with Gasteiger partial charge < -0.3 is 9.67 Å². The normalized spacial score (nSPS) is 9.71. The van der Waals surface area contributed by atoms with Crippen LogP contribution in [0.1, 0.15) is 6.92 Å². The second-order valence-electron chi connectivity index (χ2n) is 2.80. The Morgan fingerprint density at radius 2 is 2.14 bits per heavy atom. The molecule has 1 aromatic heterocycles. The minimum Gasteiger partial charge on any atom is -0.397 e. The van der Waals surface area contributed by atoms with Crippen LogP contribution in [0.3, 0.4) is 0 Å². The van der Waals surface area contributed by atoms with E-state index in [1.54, 1.807) is 6.92 Å². The van der Waals surface area contributed by atoms with Gasteiger partial charge in [0.15, 0.2) is 0 Å². The topological polar surface area (TPSA) is 38.0 Å². The third kappa shape index (κ3) is 2.56. The van der Waals surface area contributed by atoms with Gasteiger partial charge in [0.25, 0.3) is 0 Å². The first-order valence-electron chi connectivity index (χ1n) is 4.36. The molecule has 1 heterocycles. The van der Waals surface area contributed by atoms with E-state index in [0.29, 0.717) is 0 Å². The molecule has 1 aromatic carbocycles. The van der Waals surface area contributed by atoms with Crippen LogP contribution in [-0.4, -0.2) is 21.3 Å². The van der Waals surface area contributed by atoms with Crippen LogP contribution >= 0.6 is 15.9 Å². The van der Waals surface area contributed by atoms with Crippen molar-refractivity contribution in [3.63, 3.8) is 0 Å². The number of fused-ring (bicyclic) bond motifs is 1. The van der Waals surface area contributed by atoms with E-state index in [-0.39, 0.29) is 6.61 Å². The summed E-state index contributed by atoms with van der Waals surface area (Å²) in [5, 5.41) is 7.57. The number of aromatic nitrogens is 2. The van der Waals surface area contributed by atoms with Gasteiger partial charge in [0, 0.05) is 18.1 Å². The Kier molecular flexibility index (Phi) is 4.10. The van der Waals surface area contributed by atoms with Crippen molar-refractivity contribution >= 4 is 27.0 Å². The molecule has 4 heteroatoms. The van der Waals surface area contributed by atoms with Crippen LogP contribution in [-0.2, 0) is 7.05 Å². The molecule has 0 bridgehead atoms. The van der Waals surface area contributed by atoms with Crippen LogP contribution in [0.15, 0.2) is 29.0 Å². The molecule has 0 aliphatic heterocycles. The monoisotopic (exact) mass is 256 g/mol. The molecule has 0 saturated heterocycles. The molecule has 2 aromatic rings. The Labute approximate surface area is 91.5 Å². The summed E-state index contributed by atoms with van der Waals surface area (Å²) in [6.45, 7) is 1.93. The van der Waals surface area contributed by atoms with Gasteiger partial charge in [-0.1, -0.05) is 15.9 Å². The summed E-state index contributed by atoms with van der Waals surface area (Å²) >= 11 is 3.41. The van der Waals surface area contributed by atoms with Gasteiger partial charge in [0.2, 0.25) is 0 Å². The molecule has 0 unspecified atom stereocenters. The van der Waals surface area contributed by atoms with Crippen molar-refractivity contribution < 1.29 is 5.11 Å². The number of aliphatic hydroxyl groups is 1. The number of aryl methyl sites for hydroxylation is 1. The summed E-state index contributed by atoms with van der Waals surface area (Å²) in [5.74, 6) is 0. The van der Waals surface area contributed by atoms with Crippen LogP contribution in [0.4, 0.5) is 0 Å². The fourth-order valence-electron chi connectivity index (χ4n) is 1.10. The molecule has 0 fully saturated rings. The molecule has 76 valence electrons. The zero-order valence-corrected chi connectivity index (χ0v) is 9.82. The van der Waals surface area contributed by atoms with E-state index in [9.17, 15) is 0 Å². The highest BCUT2D eigenvalue weighted by Gasteiger charge is 1.97. The fourth-order valence-corrected chi connectivity index (χ4v) is 1.45. The first-order chi connectivity index (χ1) is 6.69. The van der Waals surface area contributed by atoms with Crippen molar-refractivity contribution in [3.05, 3.63) is 29.0 Å². The van der Waals surface area contributed by atoms with E-state index in [1.165, 1.54) is 0 Å². The van der Waals surface area contributed by atoms with Crippen molar-refractivity contribution in [1.82, 2.24) is 9.55 Å². The quantitative estimate of drug-likeness (QED) is 0.786. The summed E-state index contributed by atoms with van der Waals surface area (Å²) in [4.78, 5) is 4.20. The van der Waals surface area contributed by atoms with Crippen LogP contribution in [0.25, 0.3) is 11.0 Å². The standard InChI is InChI=1S/C8H7BrN2.C2H6O/c1-11-5-10-7-3-2-6(9)4-8(7)11;1-2-3/h2-5H,1H3;3H,2H2,1H3. The molecule has 0 spiro atoms. The minimum atomic E-state index is 0.250. The Hall–Kier alpha value is -0.870. The van der Waals surface area contributed by atoms with E-state index in [4.69, 9.17) is 5.11 Å². The summed E-state index contributed by atoms with van der Waals surface area (Å²) in [6, 6.07) is 6.05. The molecule has 1 N–H and O–H groups in total. The first-order valence-corrected chi connectivity index (χ1v) is 5.15. The second kappa shape index (κ2) is 5.12. The number of imidazole rings is 1. The lowest BCUT2D eigenvalue weighted by molar-refractivity contribution is 0.318. The predicted octanol–water partition coefficient (Wildman–Crippen LogP) is 2.33. The minimum absolute atomic E-state index is 0.250. The lowest BCUT2D eigenvalue weighted by atomic mass is 10.3. The fraction of sp³-hybridized carbons (Fsp3) is 0.300. The smallest absolute Gasteiger partial charge is 0.0955 e. The van der Waals surface area contributed by atoms with Gasteiger partial charge in [-0.2, -0.15) is 0 Å². The molecule has 3 nitrogen and oxygen atoms in total. The number of halogens is 1. The molecule has 0 atom stereocenters. The summed E-state index contributed by atoms with van der Waals surface area (Å²) in [5.41, 5.74) is 2.19. The second-order valence-corrected chi connectivity index (χ2v) is 3.72. The molecule has 2 rings (SSSR count). The van der Waals surface area contributed by atoms with Crippen LogP contribution in [0.2, 0.25) is 0 Å². The molecule has 0 aliphatic carbocycles. The lowest BCUT2D eigenvalue weighted by Crippen LogP contribution is -1.82. The number of nitrogens with zero attached hydrogens (tertiary/aromatic N) is 2. The summed E-state index contributed by atoms with van der Waals surface area (Å²) in [6.07, 6.45) is 1.82. The Morgan fingerprint density at radius 3 is 2.79 bits per heavy atom. The van der Waals surface area contributed by atoms with Crippen molar-refractivity contribution in [2.45, 2.75) is 6.92 Å². The Morgan fingerprint density at radius 1 is 1.50 bits per heavy atom. The largest absolute Gasteiger partial charge is 0.397 e. The van der Waals surface area contributed by atoms with Crippen molar-refractivity contribution in [3.8, 4) is 0 Å². The SMILES string of the molecule is CCO.Cn1cnc2ccc(Br)cc21. The molecule has 0 aliphatic rings. The lowest BCUT2D eigenvalue weighted by Gasteiger charge is -1.93. The van der Waals surface area contributed by atoms with Gasteiger partial charge >= 0.3 is 0 Å². The zero-order chi connectivity index (χ0) is 10.6. The molecule has 0 saturated carbocycles. The summed E-state index contributed by atoms with van der Waals surface area (Å²) < 4.78 is 3.09. The molecule has 0 amide bonds. The summed E-state index contributed by atoms with van der Waals surface area (Å²) in [7, 11) is 1.99. The van der Waals surface area contributed by atoms with Gasteiger partial charge in [-0.15, -0.1) is 0 Å². The van der Waals surface area contributed by atoms with Crippen molar-refractivity contribution in [2.75, 3.05) is 6.61 Å². The number of hydrogen-bond acceptors (Lipinski definition) is 2. The van der Waals surface area contributed by atoms with Gasteiger partial charge in [0.05, 0.1) is 17.4 Å². The molecule has 0 radical (unpaired) electrons. The van der Waals surface area contributed by atoms with E-state index in [2.05, 4.69) is 27.0 Å². The van der Waals surface area contributed by atoms with Gasteiger partial charge in [-0.25, -0.2) is 4.98 Å². The third-order valence-corrected chi connectivity index (χ3v) is 2.18. The van der Waals surface area contributed by atoms with E-state index in [1.807, 2.05) is 30.1 Å². The maximum atomic E-state index is 7.57. The van der Waals surface area contributed by atoms with Crippen molar-refractivity contribution in [2.24, 2.45) is 7.05 Å². The van der Waals surface area contributed by atoms with Crippen molar-refractivity contribution in [1.29, 1.82) is 0 Å². The van der Waals surface area contributed by atoms with E-state index >= 15 is 0 Å². The Bertz CT molecular complexity index is 411. The highest BCUT2D eigenvalue weighted by atomic mass is 79.9. The third-order valence-electron chi connectivity index (χ3n) is 1.69. The number of rotatable bonds is 0. The highest BCUT2D eigenvalue weighted by Crippen LogP contribution is 2.17. The maximum Gasteiger partial charge on any atom is 0.0955 e. The van der Waals surface area contributed by atoms with Crippen LogP contribution in [0, 0.1) is 0 Å². The number of benzene rings is 1. The highest BCUT2D eigenvalue weighted by molar-refractivity contribution is 9.10.